The van der Waals surface area contributed by atoms with Crippen LogP contribution in [0.15, 0.2) is 188 Å². The van der Waals surface area contributed by atoms with Gasteiger partial charge in [-0.25, -0.2) is 15.0 Å². The highest BCUT2D eigenvalue weighted by Gasteiger charge is 2.33. The molecular formula is C54H34F6N4. The van der Waals surface area contributed by atoms with Crippen LogP contribution in [0.2, 0.25) is 0 Å². The summed E-state index contributed by atoms with van der Waals surface area (Å²) in [6.45, 7) is 2.01. The van der Waals surface area contributed by atoms with Gasteiger partial charge in [-0.2, -0.15) is 26.3 Å². The molecule has 4 nitrogen and oxygen atoms in total. The van der Waals surface area contributed by atoms with E-state index in [1.54, 1.807) is 24.3 Å². The zero-order valence-corrected chi connectivity index (χ0v) is 34.0. The Hall–Kier alpha value is -7.85. The van der Waals surface area contributed by atoms with Gasteiger partial charge < -0.3 is 4.57 Å². The van der Waals surface area contributed by atoms with Crippen LogP contribution in [0.4, 0.5) is 26.3 Å². The highest BCUT2D eigenvalue weighted by Crippen LogP contribution is 2.46. The zero-order chi connectivity index (χ0) is 44.2. The Kier molecular flexibility index (Phi) is 9.94. The summed E-state index contributed by atoms with van der Waals surface area (Å²) in [5, 5.41) is 1.69. The Morgan fingerprint density at radius 1 is 0.359 bits per heavy atom. The summed E-state index contributed by atoms with van der Waals surface area (Å²) in [6, 6.07) is 53.7. The molecule has 0 N–H and O–H groups in total. The summed E-state index contributed by atoms with van der Waals surface area (Å²) in [6.07, 6.45) is -9.39. The molecule has 0 atom stereocenters. The normalized spacial score (nSPS) is 12.0. The second-order valence-electron chi connectivity index (χ2n) is 15.6. The SMILES string of the molecule is Cc1ccc(-c2ccc3c(c2)c2ccccc2n3-c2c(-c3cccc(C(F)(F)F)c3)cc(-c3nc(-c4ccccc4)nc(-c4ccccc4)n3)cc2-c2cccc(C(F)(F)F)c2)cc1. The molecule has 0 saturated carbocycles. The van der Waals surface area contributed by atoms with Gasteiger partial charge >= 0.3 is 12.4 Å². The number of hydrogen-bond acceptors (Lipinski definition) is 3. The van der Waals surface area contributed by atoms with Crippen molar-refractivity contribution in [2.45, 2.75) is 19.3 Å². The maximum atomic E-state index is 14.6. The predicted octanol–water partition coefficient (Wildman–Crippen LogP) is 15.3. The highest BCUT2D eigenvalue weighted by atomic mass is 19.4. The smallest absolute Gasteiger partial charge is 0.308 e. The number of hydrogen-bond donors (Lipinski definition) is 0. The number of alkyl halides is 6. The number of para-hydroxylation sites is 1. The van der Waals surface area contributed by atoms with E-state index in [4.69, 9.17) is 15.0 Å². The van der Waals surface area contributed by atoms with Crippen LogP contribution >= 0.6 is 0 Å². The van der Waals surface area contributed by atoms with Gasteiger partial charge in [0.15, 0.2) is 17.5 Å². The van der Waals surface area contributed by atoms with Crippen LogP contribution in [0.5, 0.6) is 0 Å². The molecule has 0 saturated heterocycles. The van der Waals surface area contributed by atoms with E-state index in [1.165, 1.54) is 12.1 Å². The van der Waals surface area contributed by atoms with Crippen molar-refractivity contribution in [2.24, 2.45) is 0 Å². The summed E-state index contributed by atoms with van der Waals surface area (Å²) in [4.78, 5) is 14.7. The van der Waals surface area contributed by atoms with Crippen molar-refractivity contribution in [2.75, 3.05) is 0 Å². The van der Waals surface area contributed by atoms with Crippen LogP contribution < -0.4 is 0 Å². The lowest BCUT2D eigenvalue weighted by molar-refractivity contribution is -0.138. The number of rotatable bonds is 7. The summed E-state index contributed by atoms with van der Waals surface area (Å²) in [7, 11) is 0. The third-order valence-corrected chi connectivity index (χ3v) is 11.4. The second kappa shape index (κ2) is 15.8. The molecule has 0 fully saturated rings. The standard InChI is InChI=1S/C54H34F6N4/c1-33-22-24-34(25-23-33)37-26-27-48-46(30-37)43-20-8-9-21-47(43)64(48)49-44(38-16-10-18-41(28-38)53(55,56)57)31-40(32-45(49)39-17-11-19-42(29-39)54(58,59)60)52-62-50(35-12-4-2-5-13-35)61-51(63-52)36-14-6-3-7-15-36/h2-32H,1H3. The van der Waals surface area contributed by atoms with Crippen molar-refractivity contribution in [1.29, 1.82) is 0 Å². The first kappa shape index (κ1) is 40.2. The summed E-state index contributed by atoms with van der Waals surface area (Å²) < 4.78 is 89.5. The van der Waals surface area contributed by atoms with E-state index < -0.39 is 23.5 Å². The molecule has 0 spiro atoms. The van der Waals surface area contributed by atoms with E-state index in [0.717, 1.165) is 51.7 Å². The fraction of sp³-hybridized carbons (Fsp3) is 0.0556. The molecule has 0 aliphatic carbocycles. The molecule has 8 aromatic carbocycles. The Balaban J connectivity index is 1.34. The predicted molar refractivity (Wildman–Crippen MR) is 242 cm³/mol. The minimum absolute atomic E-state index is 0.172. The lowest BCUT2D eigenvalue weighted by atomic mass is 9.91. The van der Waals surface area contributed by atoms with E-state index in [1.807, 2.05) is 133 Å². The number of fused-ring (bicyclic) bond motifs is 3. The van der Waals surface area contributed by atoms with Gasteiger partial charge in [0, 0.05) is 38.6 Å². The second-order valence-corrected chi connectivity index (χ2v) is 15.6. The Morgan fingerprint density at radius 3 is 1.34 bits per heavy atom. The Morgan fingerprint density at radius 2 is 0.812 bits per heavy atom. The number of benzene rings is 8. The monoisotopic (exact) mass is 852 g/mol. The third-order valence-electron chi connectivity index (χ3n) is 11.4. The van der Waals surface area contributed by atoms with Gasteiger partial charge in [0.25, 0.3) is 0 Å². The van der Waals surface area contributed by atoms with E-state index in [2.05, 4.69) is 6.07 Å². The molecule has 10 heteroatoms. The number of nitrogens with zero attached hydrogens (tertiary/aromatic N) is 4. The molecule has 2 aromatic heterocycles. The van der Waals surface area contributed by atoms with E-state index in [9.17, 15) is 26.3 Å². The average molecular weight is 853 g/mol. The molecule has 0 unspecified atom stereocenters. The van der Waals surface area contributed by atoms with Crippen molar-refractivity contribution in [3.63, 3.8) is 0 Å². The average Bonchev–Trinajstić information content (AvgIpc) is 3.64. The molecule has 10 aromatic rings. The number of aryl methyl sites for hydroxylation is 1. The van der Waals surface area contributed by atoms with Crippen LogP contribution in [-0.2, 0) is 12.4 Å². The van der Waals surface area contributed by atoms with Crippen LogP contribution in [0.1, 0.15) is 16.7 Å². The van der Waals surface area contributed by atoms with Crippen molar-refractivity contribution in [3.05, 3.63) is 205 Å². The molecule has 0 amide bonds. The molecule has 0 bridgehead atoms. The molecule has 312 valence electrons. The lowest BCUT2D eigenvalue weighted by Crippen LogP contribution is -2.07. The van der Waals surface area contributed by atoms with Crippen molar-refractivity contribution in [1.82, 2.24) is 19.5 Å². The van der Waals surface area contributed by atoms with Crippen LogP contribution in [0.3, 0.4) is 0 Å². The van der Waals surface area contributed by atoms with Gasteiger partial charge in [-0.1, -0.05) is 139 Å². The van der Waals surface area contributed by atoms with Crippen LogP contribution in [-0.4, -0.2) is 19.5 Å². The number of aromatic nitrogens is 4. The topological polar surface area (TPSA) is 43.6 Å². The zero-order valence-electron chi connectivity index (χ0n) is 34.0. The fourth-order valence-corrected chi connectivity index (χ4v) is 8.25. The summed E-state index contributed by atoms with van der Waals surface area (Å²) in [5.74, 6) is 0.841. The van der Waals surface area contributed by atoms with Crippen molar-refractivity contribution < 1.29 is 26.3 Å². The molecule has 0 aliphatic heterocycles. The minimum Gasteiger partial charge on any atom is -0.308 e. The molecule has 0 radical (unpaired) electrons. The minimum atomic E-state index is -4.69. The van der Waals surface area contributed by atoms with E-state index >= 15 is 0 Å². The van der Waals surface area contributed by atoms with Gasteiger partial charge in [-0.3, -0.25) is 0 Å². The maximum absolute atomic E-state index is 14.6. The van der Waals surface area contributed by atoms with E-state index in [0.29, 0.717) is 56.2 Å². The largest absolute Gasteiger partial charge is 0.416 e. The summed E-state index contributed by atoms with van der Waals surface area (Å²) in [5.41, 5.74) is 5.76. The number of halogens is 6. The fourth-order valence-electron chi connectivity index (χ4n) is 8.25. The van der Waals surface area contributed by atoms with Crippen LogP contribution in [0.25, 0.3) is 95.0 Å². The van der Waals surface area contributed by atoms with Gasteiger partial charge in [-0.15, -0.1) is 0 Å². The summed E-state index contributed by atoms with van der Waals surface area (Å²) >= 11 is 0. The van der Waals surface area contributed by atoms with E-state index in [-0.39, 0.29) is 17.0 Å². The molecule has 10 rings (SSSR count). The highest BCUT2D eigenvalue weighted by molar-refractivity contribution is 6.12. The Bertz CT molecular complexity index is 3220. The van der Waals surface area contributed by atoms with Gasteiger partial charge in [0.05, 0.1) is 27.8 Å². The lowest BCUT2D eigenvalue weighted by Gasteiger charge is -2.22. The van der Waals surface area contributed by atoms with Gasteiger partial charge in [0.1, 0.15) is 0 Å². The first-order valence-corrected chi connectivity index (χ1v) is 20.4. The first-order valence-electron chi connectivity index (χ1n) is 20.4. The quantitative estimate of drug-likeness (QED) is 0.150. The van der Waals surface area contributed by atoms with Gasteiger partial charge in [-0.05, 0) is 83.8 Å². The first-order chi connectivity index (χ1) is 30.9. The Labute approximate surface area is 363 Å². The molecule has 64 heavy (non-hydrogen) atoms. The van der Waals surface area contributed by atoms with Gasteiger partial charge in [0.2, 0.25) is 0 Å². The third kappa shape index (κ3) is 7.57. The van der Waals surface area contributed by atoms with Crippen molar-refractivity contribution >= 4 is 21.8 Å². The maximum Gasteiger partial charge on any atom is 0.416 e. The molecule has 2 heterocycles. The molecule has 0 aliphatic rings. The van der Waals surface area contributed by atoms with Crippen LogP contribution in [0, 0.1) is 6.92 Å². The van der Waals surface area contributed by atoms with Crippen molar-refractivity contribution in [3.8, 4) is 73.2 Å². The molecular weight excluding hydrogens is 819 g/mol.